The van der Waals surface area contributed by atoms with Gasteiger partial charge in [0, 0.05) is 73.9 Å². The number of fused-ring (bicyclic) bond motifs is 1. The van der Waals surface area contributed by atoms with E-state index in [2.05, 4.69) is 59.4 Å². The number of aromatic nitrogens is 4. The maximum absolute atomic E-state index is 12.3. The Morgan fingerprint density at radius 3 is 2.50 bits per heavy atom. The lowest BCUT2D eigenvalue weighted by molar-refractivity contribution is 0.0115. The van der Waals surface area contributed by atoms with Crippen molar-refractivity contribution in [2.24, 2.45) is 0 Å². The minimum Gasteiger partial charge on any atom is -0.494 e. The summed E-state index contributed by atoms with van der Waals surface area (Å²) in [7, 11) is -1.73. The minimum atomic E-state index is -3.39. The lowest BCUT2D eigenvalue weighted by atomic mass is 10.00. The number of halogens is 1. The Morgan fingerprint density at radius 2 is 1.78 bits per heavy atom. The summed E-state index contributed by atoms with van der Waals surface area (Å²) in [6, 6.07) is 8.32. The fourth-order valence-electron chi connectivity index (χ4n) is 6.25. The number of hydrogen-bond acceptors (Lipinski definition) is 12. The van der Waals surface area contributed by atoms with Crippen LogP contribution < -0.4 is 20.3 Å². The summed E-state index contributed by atoms with van der Waals surface area (Å²) in [5.74, 6) is 1.07. The van der Waals surface area contributed by atoms with Crippen molar-refractivity contribution in [3.8, 4) is 5.75 Å². The summed E-state index contributed by atoms with van der Waals surface area (Å²) in [4.78, 5) is 22.8. The third kappa shape index (κ3) is 7.27. The number of morpholine rings is 1. The third-order valence-electron chi connectivity index (χ3n) is 8.54. The van der Waals surface area contributed by atoms with Crippen LogP contribution in [-0.4, -0.2) is 92.1 Å². The topological polar surface area (TPSA) is 135 Å². The lowest BCUT2D eigenvalue weighted by Crippen LogP contribution is -2.49. The van der Waals surface area contributed by atoms with Crippen LogP contribution in [0, 0.1) is 0 Å². The smallest absolute Gasteiger partial charge is 0.229 e. The number of anilines is 5. The van der Waals surface area contributed by atoms with E-state index in [0.717, 1.165) is 64.3 Å². The molecule has 0 spiro atoms. The molecule has 12 nitrogen and oxygen atoms in total. The highest BCUT2D eigenvalue weighted by Gasteiger charge is 2.27. The summed E-state index contributed by atoms with van der Waals surface area (Å²) in [6.45, 7) is 7.80. The van der Waals surface area contributed by atoms with Crippen molar-refractivity contribution in [3.05, 3.63) is 59.0 Å². The van der Waals surface area contributed by atoms with Crippen LogP contribution in [0.4, 0.5) is 28.8 Å². The number of methoxy groups -OCH3 is 1. The van der Waals surface area contributed by atoms with E-state index in [-0.39, 0.29) is 10.8 Å². The first-order valence-electron chi connectivity index (χ1n) is 15.5. The molecule has 0 radical (unpaired) electrons. The number of nitrogens with zero attached hydrogens (tertiary/aromatic N) is 6. The van der Waals surface area contributed by atoms with Gasteiger partial charge < -0.3 is 25.0 Å². The number of nitrogens with one attached hydrogen (secondary N) is 2. The van der Waals surface area contributed by atoms with Crippen LogP contribution in [0.5, 0.6) is 5.75 Å². The van der Waals surface area contributed by atoms with Crippen LogP contribution in [0.15, 0.2) is 42.9 Å². The predicted molar refractivity (Wildman–Crippen MR) is 182 cm³/mol. The van der Waals surface area contributed by atoms with Gasteiger partial charge in [-0.05, 0) is 43.0 Å². The minimum absolute atomic E-state index is 0.229. The second-order valence-electron chi connectivity index (χ2n) is 11.6. The Hall–Kier alpha value is -3.78. The van der Waals surface area contributed by atoms with Gasteiger partial charge in [-0.15, -0.1) is 0 Å². The molecule has 0 amide bonds. The van der Waals surface area contributed by atoms with E-state index in [1.807, 2.05) is 0 Å². The molecule has 2 aliphatic heterocycles. The average Bonchev–Trinajstić information content (AvgIpc) is 3.07. The SMILES string of the molecule is CCc1cc(Nc2ncc(Cl)c(Nc3ccc4nccnc4c3CS(C)(=O)=O)n2)c(OC)cc1N1CCC(N2CCOCC2)CC1. The molecule has 0 saturated carbocycles. The van der Waals surface area contributed by atoms with E-state index >= 15 is 0 Å². The zero-order valence-electron chi connectivity index (χ0n) is 26.3. The van der Waals surface area contributed by atoms with Gasteiger partial charge in [-0.2, -0.15) is 4.98 Å². The molecule has 2 aromatic carbocycles. The van der Waals surface area contributed by atoms with Gasteiger partial charge in [0.25, 0.3) is 0 Å². The number of piperidine rings is 1. The van der Waals surface area contributed by atoms with Crippen LogP contribution in [0.3, 0.4) is 0 Å². The number of hydrogen-bond donors (Lipinski definition) is 2. The molecule has 0 atom stereocenters. The molecule has 244 valence electrons. The molecular formula is C32H39ClN8O4S. The maximum Gasteiger partial charge on any atom is 0.229 e. The maximum atomic E-state index is 12.3. The third-order valence-corrected chi connectivity index (χ3v) is 9.63. The van der Waals surface area contributed by atoms with Crippen molar-refractivity contribution in [1.82, 2.24) is 24.8 Å². The fourth-order valence-corrected chi connectivity index (χ4v) is 7.21. The van der Waals surface area contributed by atoms with Gasteiger partial charge in [-0.1, -0.05) is 18.5 Å². The van der Waals surface area contributed by atoms with Crippen LogP contribution >= 0.6 is 11.6 Å². The molecule has 14 heteroatoms. The number of sulfone groups is 1. The number of benzene rings is 2. The fraction of sp³-hybridized carbons (Fsp3) is 0.438. The summed E-state index contributed by atoms with van der Waals surface area (Å²) < 4.78 is 36.1. The van der Waals surface area contributed by atoms with Gasteiger partial charge in [0.1, 0.15) is 10.8 Å². The zero-order chi connectivity index (χ0) is 32.3. The zero-order valence-corrected chi connectivity index (χ0v) is 27.9. The summed E-state index contributed by atoms with van der Waals surface area (Å²) in [5.41, 5.74) is 5.19. The van der Waals surface area contributed by atoms with E-state index < -0.39 is 9.84 Å². The second kappa shape index (κ2) is 13.9. The highest BCUT2D eigenvalue weighted by atomic mass is 35.5. The lowest BCUT2D eigenvalue weighted by Gasteiger charge is -2.41. The van der Waals surface area contributed by atoms with E-state index in [0.29, 0.717) is 45.8 Å². The van der Waals surface area contributed by atoms with Crippen molar-refractivity contribution in [3.63, 3.8) is 0 Å². The normalized spacial score (nSPS) is 16.5. The van der Waals surface area contributed by atoms with Gasteiger partial charge in [0.15, 0.2) is 15.7 Å². The van der Waals surface area contributed by atoms with Gasteiger partial charge in [-0.25, -0.2) is 13.4 Å². The molecule has 46 heavy (non-hydrogen) atoms. The van der Waals surface area contributed by atoms with Crippen LogP contribution in [0.1, 0.15) is 30.9 Å². The van der Waals surface area contributed by atoms with Crippen molar-refractivity contribution >= 4 is 61.3 Å². The molecule has 2 saturated heterocycles. The molecule has 2 aromatic heterocycles. The van der Waals surface area contributed by atoms with E-state index in [4.69, 9.17) is 21.1 Å². The number of rotatable bonds is 10. The van der Waals surface area contributed by atoms with Crippen LogP contribution in [0.25, 0.3) is 11.0 Å². The average molecular weight is 667 g/mol. The molecule has 0 bridgehead atoms. The van der Waals surface area contributed by atoms with Crippen LogP contribution in [0.2, 0.25) is 5.02 Å². The van der Waals surface area contributed by atoms with Crippen molar-refractivity contribution < 1.29 is 17.9 Å². The highest BCUT2D eigenvalue weighted by Crippen LogP contribution is 2.37. The molecule has 0 aliphatic carbocycles. The largest absolute Gasteiger partial charge is 0.494 e. The Labute approximate surface area is 274 Å². The molecule has 4 heterocycles. The monoisotopic (exact) mass is 666 g/mol. The molecule has 0 unspecified atom stereocenters. The summed E-state index contributed by atoms with van der Waals surface area (Å²) in [5, 5.41) is 6.79. The number of ether oxygens (including phenoxy) is 2. The first kappa shape index (κ1) is 32.2. The van der Waals surface area contributed by atoms with E-state index in [1.54, 1.807) is 25.4 Å². The Morgan fingerprint density at radius 1 is 1.02 bits per heavy atom. The Kier molecular flexibility index (Phi) is 9.73. The first-order chi connectivity index (χ1) is 22.2. The van der Waals surface area contributed by atoms with Gasteiger partial charge in [-0.3, -0.25) is 14.9 Å². The molecule has 6 rings (SSSR count). The summed E-state index contributed by atoms with van der Waals surface area (Å²) in [6.07, 6.45) is 8.87. The van der Waals surface area contributed by atoms with Crippen molar-refractivity contribution in [2.75, 3.05) is 68.3 Å². The first-order valence-corrected chi connectivity index (χ1v) is 17.9. The van der Waals surface area contributed by atoms with Gasteiger partial charge in [0.2, 0.25) is 5.95 Å². The Bertz CT molecular complexity index is 1810. The molecule has 2 aliphatic rings. The summed E-state index contributed by atoms with van der Waals surface area (Å²) >= 11 is 6.52. The quantitative estimate of drug-likeness (QED) is 0.236. The number of aryl methyl sites for hydroxylation is 1. The Balaban J connectivity index is 1.24. The van der Waals surface area contributed by atoms with E-state index in [1.165, 1.54) is 29.9 Å². The highest BCUT2D eigenvalue weighted by molar-refractivity contribution is 7.89. The van der Waals surface area contributed by atoms with Crippen molar-refractivity contribution in [2.45, 2.75) is 38.0 Å². The second-order valence-corrected chi connectivity index (χ2v) is 14.2. The van der Waals surface area contributed by atoms with Crippen molar-refractivity contribution in [1.29, 1.82) is 0 Å². The standard InChI is InChI=1S/C32H39ClN8O4S/c1-4-21-17-27(29(44-2)18-28(21)41-11-7-22(8-12-41)40-13-15-45-16-14-40)38-32-36-19-24(33)31(39-32)37-25-5-6-26-30(35-10-9-34-26)23(25)20-46(3,42)43/h5-6,9-10,17-19,22H,4,7-8,11-16,20H2,1-3H3,(H2,36,37,38,39). The molecular weight excluding hydrogens is 628 g/mol. The van der Waals surface area contributed by atoms with Gasteiger partial charge in [0.05, 0.1) is 49.0 Å². The van der Waals surface area contributed by atoms with Crippen LogP contribution in [-0.2, 0) is 26.7 Å². The molecule has 2 fully saturated rings. The molecule has 2 N–H and O–H groups in total. The molecule has 4 aromatic rings. The van der Waals surface area contributed by atoms with Gasteiger partial charge >= 0.3 is 0 Å². The predicted octanol–water partition coefficient (Wildman–Crippen LogP) is 4.98. The van der Waals surface area contributed by atoms with E-state index in [9.17, 15) is 8.42 Å².